The molecule has 0 aliphatic carbocycles. The van der Waals surface area contributed by atoms with Crippen molar-refractivity contribution in [3.05, 3.63) is 52.5 Å². The molecule has 140 valence electrons. The number of nitrogens with zero attached hydrogens (tertiary/aromatic N) is 1. The summed E-state index contributed by atoms with van der Waals surface area (Å²) in [6, 6.07) is 13.2. The number of carbonyl (C=O) groups excluding carboxylic acids is 2. The second-order valence-corrected chi connectivity index (χ2v) is 7.49. The van der Waals surface area contributed by atoms with Crippen molar-refractivity contribution in [3.8, 4) is 11.5 Å². The van der Waals surface area contributed by atoms with E-state index in [0.717, 1.165) is 15.7 Å². The van der Waals surface area contributed by atoms with Crippen molar-refractivity contribution in [2.45, 2.75) is 13.0 Å². The minimum absolute atomic E-state index is 0.0598. The van der Waals surface area contributed by atoms with Crippen LogP contribution < -0.4 is 19.7 Å². The highest BCUT2D eigenvalue weighted by molar-refractivity contribution is 9.10. The minimum Gasteiger partial charge on any atom is -0.486 e. The van der Waals surface area contributed by atoms with Crippen LogP contribution in [0.4, 0.5) is 5.69 Å². The third kappa shape index (κ3) is 3.93. The van der Waals surface area contributed by atoms with E-state index in [9.17, 15) is 9.59 Å². The predicted molar refractivity (Wildman–Crippen MR) is 104 cm³/mol. The number of halogens is 1. The van der Waals surface area contributed by atoms with Gasteiger partial charge in [0.2, 0.25) is 11.8 Å². The van der Waals surface area contributed by atoms with Crippen molar-refractivity contribution < 1.29 is 19.1 Å². The molecule has 1 N–H and O–H groups in total. The van der Waals surface area contributed by atoms with Crippen molar-refractivity contribution in [1.29, 1.82) is 0 Å². The highest BCUT2D eigenvalue weighted by Crippen LogP contribution is 2.36. The zero-order chi connectivity index (χ0) is 18.8. The molecule has 6 nitrogen and oxygen atoms in total. The Labute approximate surface area is 165 Å². The Morgan fingerprint density at radius 2 is 1.85 bits per heavy atom. The van der Waals surface area contributed by atoms with Crippen molar-refractivity contribution in [3.63, 3.8) is 0 Å². The molecule has 0 aromatic heterocycles. The first kappa shape index (κ1) is 17.9. The molecule has 2 aromatic rings. The molecule has 2 heterocycles. The number of hydrogen-bond acceptors (Lipinski definition) is 4. The predicted octanol–water partition coefficient (Wildman–Crippen LogP) is 2.89. The molecule has 1 atom stereocenters. The summed E-state index contributed by atoms with van der Waals surface area (Å²) < 4.78 is 12.1. The van der Waals surface area contributed by atoms with Gasteiger partial charge in [-0.15, -0.1) is 0 Å². The summed E-state index contributed by atoms with van der Waals surface area (Å²) in [5.74, 6) is 0.790. The number of carbonyl (C=O) groups is 2. The SMILES string of the molecule is O=C(NCc1ccc(Br)cc1)C1CC(=O)N(c2ccc3c(c2)OCCO3)C1. The summed E-state index contributed by atoms with van der Waals surface area (Å²) in [4.78, 5) is 26.6. The number of rotatable bonds is 4. The Balaban J connectivity index is 1.39. The summed E-state index contributed by atoms with van der Waals surface area (Å²) in [6.45, 7) is 1.83. The topological polar surface area (TPSA) is 67.9 Å². The molecule has 0 radical (unpaired) electrons. The zero-order valence-electron chi connectivity index (χ0n) is 14.6. The summed E-state index contributed by atoms with van der Waals surface area (Å²) in [5, 5.41) is 2.93. The lowest BCUT2D eigenvalue weighted by Crippen LogP contribution is -2.32. The van der Waals surface area contributed by atoms with E-state index in [4.69, 9.17) is 9.47 Å². The van der Waals surface area contributed by atoms with E-state index < -0.39 is 0 Å². The number of amides is 2. The van der Waals surface area contributed by atoms with Gasteiger partial charge >= 0.3 is 0 Å². The van der Waals surface area contributed by atoms with Crippen LogP contribution >= 0.6 is 15.9 Å². The maximum absolute atomic E-state index is 12.5. The van der Waals surface area contributed by atoms with E-state index in [1.54, 1.807) is 17.0 Å². The summed E-state index contributed by atoms with van der Waals surface area (Å²) in [5.41, 5.74) is 1.74. The molecule has 1 saturated heterocycles. The lowest BCUT2D eigenvalue weighted by atomic mass is 10.1. The molecule has 0 spiro atoms. The number of ether oxygens (including phenoxy) is 2. The lowest BCUT2D eigenvalue weighted by Gasteiger charge is -2.22. The van der Waals surface area contributed by atoms with E-state index in [1.165, 1.54) is 0 Å². The molecule has 7 heteroatoms. The van der Waals surface area contributed by atoms with Gasteiger partial charge < -0.3 is 19.7 Å². The molecule has 0 bridgehead atoms. The average molecular weight is 431 g/mol. The number of benzene rings is 2. The Kier molecular flexibility index (Phi) is 5.03. The number of fused-ring (bicyclic) bond motifs is 1. The number of nitrogens with one attached hydrogen (secondary N) is 1. The summed E-state index contributed by atoms with van der Waals surface area (Å²) in [7, 11) is 0. The normalized spacial score (nSPS) is 18.5. The van der Waals surface area contributed by atoms with Crippen LogP contribution in [-0.2, 0) is 16.1 Å². The zero-order valence-corrected chi connectivity index (χ0v) is 16.2. The number of hydrogen-bond donors (Lipinski definition) is 1. The standard InChI is InChI=1S/C20H19BrN2O4/c21-15-3-1-13(2-4-15)11-22-20(25)14-9-19(24)23(12-14)16-5-6-17-18(10-16)27-8-7-26-17/h1-6,10,14H,7-9,11-12H2,(H,22,25). The second kappa shape index (κ2) is 7.60. The van der Waals surface area contributed by atoms with Crippen LogP contribution in [0.2, 0.25) is 0 Å². The Hall–Kier alpha value is -2.54. The molecular formula is C20H19BrN2O4. The Morgan fingerprint density at radius 3 is 2.63 bits per heavy atom. The van der Waals surface area contributed by atoms with E-state index >= 15 is 0 Å². The quantitative estimate of drug-likeness (QED) is 0.809. The molecule has 1 fully saturated rings. The monoisotopic (exact) mass is 430 g/mol. The van der Waals surface area contributed by atoms with Gasteiger partial charge in [-0.2, -0.15) is 0 Å². The van der Waals surface area contributed by atoms with E-state index in [0.29, 0.717) is 37.8 Å². The summed E-state index contributed by atoms with van der Waals surface area (Å²) in [6.07, 6.45) is 0.209. The van der Waals surface area contributed by atoms with Gasteiger partial charge in [0, 0.05) is 35.7 Å². The third-order valence-electron chi connectivity index (χ3n) is 4.71. The van der Waals surface area contributed by atoms with E-state index in [2.05, 4.69) is 21.2 Å². The molecule has 2 aliphatic heterocycles. The average Bonchev–Trinajstić information content (AvgIpc) is 3.09. The molecule has 2 amide bonds. The van der Waals surface area contributed by atoms with Gasteiger partial charge in [0.1, 0.15) is 13.2 Å². The molecular weight excluding hydrogens is 412 g/mol. The molecule has 1 unspecified atom stereocenters. The van der Waals surface area contributed by atoms with Crippen molar-refractivity contribution in [2.75, 3.05) is 24.7 Å². The van der Waals surface area contributed by atoms with Gasteiger partial charge in [-0.25, -0.2) is 0 Å². The second-order valence-electron chi connectivity index (χ2n) is 6.58. The van der Waals surface area contributed by atoms with Gasteiger partial charge in [0.25, 0.3) is 0 Å². The fourth-order valence-corrected chi connectivity index (χ4v) is 3.53. The summed E-state index contributed by atoms with van der Waals surface area (Å²) >= 11 is 3.39. The van der Waals surface area contributed by atoms with E-state index in [1.807, 2.05) is 30.3 Å². The Bertz CT molecular complexity index is 869. The van der Waals surface area contributed by atoms with Crippen LogP contribution in [0.25, 0.3) is 0 Å². The largest absolute Gasteiger partial charge is 0.486 e. The molecule has 27 heavy (non-hydrogen) atoms. The van der Waals surface area contributed by atoms with Gasteiger partial charge in [0.15, 0.2) is 11.5 Å². The fourth-order valence-electron chi connectivity index (χ4n) is 3.27. The van der Waals surface area contributed by atoms with Gasteiger partial charge in [-0.05, 0) is 29.8 Å². The fraction of sp³-hybridized carbons (Fsp3) is 0.300. The first-order valence-electron chi connectivity index (χ1n) is 8.82. The highest BCUT2D eigenvalue weighted by Gasteiger charge is 2.35. The minimum atomic E-state index is -0.360. The van der Waals surface area contributed by atoms with Crippen LogP contribution in [0.1, 0.15) is 12.0 Å². The van der Waals surface area contributed by atoms with Crippen LogP contribution in [0.5, 0.6) is 11.5 Å². The first-order valence-corrected chi connectivity index (χ1v) is 9.61. The van der Waals surface area contributed by atoms with Gasteiger partial charge in [0.05, 0.1) is 5.92 Å². The Morgan fingerprint density at radius 1 is 1.11 bits per heavy atom. The third-order valence-corrected chi connectivity index (χ3v) is 5.24. The van der Waals surface area contributed by atoms with Crippen molar-refractivity contribution in [1.82, 2.24) is 5.32 Å². The maximum atomic E-state index is 12.5. The smallest absolute Gasteiger partial charge is 0.227 e. The maximum Gasteiger partial charge on any atom is 0.227 e. The number of anilines is 1. The van der Waals surface area contributed by atoms with Crippen LogP contribution in [0.3, 0.4) is 0 Å². The van der Waals surface area contributed by atoms with Gasteiger partial charge in [-0.3, -0.25) is 9.59 Å². The van der Waals surface area contributed by atoms with Gasteiger partial charge in [-0.1, -0.05) is 28.1 Å². The lowest BCUT2D eigenvalue weighted by molar-refractivity contribution is -0.126. The molecule has 4 rings (SSSR count). The highest BCUT2D eigenvalue weighted by atomic mass is 79.9. The van der Waals surface area contributed by atoms with Crippen LogP contribution in [0, 0.1) is 5.92 Å². The van der Waals surface area contributed by atoms with Crippen molar-refractivity contribution in [2.24, 2.45) is 5.92 Å². The molecule has 2 aliphatic rings. The van der Waals surface area contributed by atoms with E-state index in [-0.39, 0.29) is 24.2 Å². The van der Waals surface area contributed by atoms with Crippen molar-refractivity contribution >= 4 is 33.4 Å². The van der Waals surface area contributed by atoms with Crippen LogP contribution in [-0.4, -0.2) is 31.6 Å². The first-order chi connectivity index (χ1) is 13.1. The molecule has 0 saturated carbocycles. The van der Waals surface area contributed by atoms with Crippen LogP contribution in [0.15, 0.2) is 46.9 Å². The molecule has 2 aromatic carbocycles.